The van der Waals surface area contributed by atoms with Crippen molar-refractivity contribution in [2.24, 2.45) is 0 Å². The SMILES string of the molecule is O=[N+]([O-])c1cccnc1NCCCNc1ccc(C(F)(F)F)cn1. The van der Waals surface area contributed by atoms with Crippen LogP contribution < -0.4 is 10.6 Å². The first kappa shape index (κ1) is 17.4. The summed E-state index contributed by atoms with van der Waals surface area (Å²) in [4.78, 5) is 17.9. The summed E-state index contributed by atoms with van der Waals surface area (Å²) in [5.41, 5.74) is -0.924. The van der Waals surface area contributed by atoms with Crippen molar-refractivity contribution < 1.29 is 18.1 Å². The number of hydrogen-bond donors (Lipinski definition) is 2. The number of pyridine rings is 2. The fourth-order valence-corrected chi connectivity index (χ4v) is 1.86. The molecule has 2 rings (SSSR count). The van der Waals surface area contributed by atoms with Crippen molar-refractivity contribution in [1.82, 2.24) is 9.97 Å². The van der Waals surface area contributed by atoms with Gasteiger partial charge in [0.25, 0.3) is 0 Å². The van der Waals surface area contributed by atoms with Gasteiger partial charge in [-0.2, -0.15) is 13.2 Å². The summed E-state index contributed by atoms with van der Waals surface area (Å²) in [5.74, 6) is 0.502. The molecular weight excluding hydrogens is 327 g/mol. The highest BCUT2D eigenvalue weighted by Gasteiger charge is 2.30. The maximum absolute atomic E-state index is 12.4. The Kier molecular flexibility index (Phi) is 5.51. The van der Waals surface area contributed by atoms with Gasteiger partial charge in [0.2, 0.25) is 5.82 Å². The first-order valence-electron chi connectivity index (χ1n) is 6.98. The molecule has 0 aliphatic rings. The molecule has 0 aliphatic carbocycles. The average molecular weight is 341 g/mol. The van der Waals surface area contributed by atoms with Crippen molar-refractivity contribution in [3.05, 3.63) is 52.3 Å². The van der Waals surface area contributed by atoms with Crippen LogP contribution in [0, 0.1) is 10.1 Å². The second kappa shape index (κ2) is 7.57. The number of rotatable bonds is 7. The van der Waals surface area contributed by atoms with E-state index in [1.54, 1.807) is 0 Å². The van der Waals surface area contributed by atoms with Crippen LogP contribution in [-0.2, 0) is 6.18 Å². The molecule has 0 aliphatic heterocycles. The van der Waals surface area contributed by atoms with E-state index >= 15 is 0 Å². The maximum atomic E-state index is 12.4. The fourth-order valence-electron chi connectivity index (χ4n) is 1.86. The summed E-state index contributed by atoms with van der Waals surface area (Å²) >= 11 is 0. The molecule has 0 saturated heterocycles. The van der Waals surface area contributed by atoms with Gasteiger partial charge in [0.05, 0.1) is 10.5 Å². The number of nitro groups is 1. The molecule has 10 heteroatoms. The summed E-state index contributed by atoms with van der Waals surface area (Å²) in [6.07, 6.45) is -1.64. The van der Waals surface area contributed by atoms with Crippen LogP contribution in [0.25, 0.3) is 0 Å². The summed E-state index contributed by atoms with van der Waals surface area (Å²) < 4.78 is 37.2. The zero-order valence-corrected chi connectivity index (χ0v) is 12.4. The van der Waals surface area contributed by atoms with E-state index in [2.05, 4.69) is 20.6 Å². The van der Waals surface area contributed by atoms with E-state index in [-0.39, 0.29) is 11.5 Å². The summed E-state index contributed by atoms with van der Waals surface area (Å²) in [6, 6.07) is 5.02. The summed E-state index contributed by atoms with van der Waals surface area (Å²) in [7, 11) is 0. The van der Waals surface area contributed by atoms with Gasteiger partial charge in [-0.15, -0.1) is 0 Å². The largest absolute Gasteiger partial charge is 0.417 e. The molecule has 0 atom stereocenters. The third-order valence-electron chi connectivity index (χ3n) is 3.03. The normalized spacial score (nSPS) is 11.1. The molecule has 0 radical (unpaired) electrons. The zero-order chi connectivity index (χ0) is 17.6. The van der Waals surface area contributed by atoms with Gasteiger partial charge in [0.1, 0.15) is 5.82 Å². The van der Waals surface area contributed by atoms with Crippen LogP contribution in [0.1, 0.15) is 12.0 Å². The third-order valence-corrected chi connectivity index (χ3v) is 3.03. The highest BCUT2D eigenvalue weighted by atomic mass is 19.4. The van der Waals surface area contributed by atoms with Crippen molar-refractivity contribution >= 4 is 17.3 Å². The predicted octanol–water partition coefficient (Wildman–Crippen LogP) is 3.32. The molecule has 0 bridgehead atoms. The lowest BCUT2D eigenvalue weighted by atomic mass is 10.3. The minimum Gasteiger partial charge on any atom is -0.370 e. The van der Waals surface area contributed by atoms with Crippen molar-refractivity contribution in [1.29, 1.82) is 0 Å². The summed E-state index contributed by atoms with van der Waals surface area (Å²) in [6.45, 7) is 0.845. The molecule has 7 nitrogen and oxygen atoms in total. The number of alkyl halides is 3. The number of anilines is 2. The number of nitrogens with zero attached hydrogens (tertiary/aromatic N) is 3. The Bertz CT molecular complexity index is 692. The molecule has 0 unspecified atom stereocenters. The van der Waals surface area contributed by atoms with E-state index in [4.69, 9.17) is 0 Å². The third kappa shape index (κ3) is 4.80. The lowest BCUT2D eigenvalue weighted by Crippen LogP contribution is -2.12. The Morgan fingerprint density at radius 2 is 1.88 bits per heavy atom. The second-order valence-electron chi connectivity index (χ2n) is 4.77. The molecule has 0 aromatic carbocycles. The topological polar surface area (TPSA) is 93.0 Å². The van der Waals surface area contributed by atoms with E-state index < -0.39 is 16.7 Å². The first-order valence-corrected chi connectivity index (χ1v) is 6.98. The van der Waals surface area contributed by atoms with E-state index in [1.807, 2.05) is 0 Å². The van der Waals surface area contributed by atoms with Gasteiger partial charge in [-0.25, -0.2) is 9.97 Å². The van der Waals surface area contributed by atoms with E-state index in [1.165, 1.54) is 24.4 Å². The van der Waals surface area contributed by atoms with Crippen LogP contribution in [0.5, 0.6) is 0 Å². The molecule has 128 valence electrons. The molecule has 0 fully saturated rings. The Hall–Kier alpha value is -2.91. The van der Waals surface area contributed by atoms with Crippen LogP contribution >= 0.6 is 0 Å². The van der Waals surface area contributed by atoms with Crippen molar-refractivity contribution in [3.8, 4) is 0 Å². The molecule has 0 spiro atoms. The van der Waals surface area contributed by atoms with Crippen LogP contribution in [-0.4, -0.2) is 28.0 Å². The number of hydrogen-bond acceptors (Lipinski definition) is 6. The minimum absolute atomic E-state index is 0.116. The van der Waals surface area contributed by atoms with Crippen LogP contribution in [0.3, 0.4) is 0 Å². The number of halogens is 3. The van der Waals surface area contributed by atoms with Gasteiger partial charge < -0.3 is 10.6 Å². The van der Waals surface area contributed by atoms with Crippen molar-refractivity contribution in [2.45, 2.75) is 12.6 Å². The summed E-state index contributed by atoms with van der Waals surface area (Å²) in [5, 5.41) is 16.5. The van der Waals surface area contributed by atoms with Gasteiger partial charge >= 0.3 is 11.9 Å². The quantitative estimate of drug-likeness (QED) is 0.456. The Balaban J connectivity index is 1.77. The Labute approximate surface area is 135 Å². The fraction of sp³-hybridized carbons (Fsp3) is 0.286. The highest BCUT2D eigenvalue weighted by molar-refractivity contribution is 5.54. The van der Waals surface area contributed by atoms with Crippen LogP contribution in [0.2, 0.25) is 0 Å². The smallest absolute Gasteiger partial charge is 0.370 e. The Morgan fingerprint density at radius 1 is 1.12 bits per heavy atom. The van der Waals surface area contributed by atoms with E-state index in [0.717, 1.165) is 12.3 Å². The lowest BCUT2D eigenvalue weighted by molar-refractivity contribution is -0.384. The van der Waals surface area contributed by atoms with E-state index in [9.17, 15) is 23.3 Å². The molecule has 0 amide bonds. The second-order valence-corrected chi connectivity index (χ2v) is 4.77. The van der Waals surface area contributed by atoms with Gasteiger partial charge in [-0.05, 0) is 24.6 Å². The molecule has 24 heavy (non-hydrogen) atoms. The molecule has 2 aromatic rings. The number of aromatic nitrogens is 2. The predicted molar refractivity (Wildman–Crippen MR) is 81.7 cm³/mol. The molecule has 2 N–H and O–H groups in total. The Morgan fingerprint density at radius 3 is 2.50 bits per heavy atom. The maximum Gasteiger partial charge on any atom is 0.417 e. The van der Waals surface area contributed by atoms with E-state index in [0.29, 0.717) is 25.3 Å². The van der Waals surface area contributed by atoms with Gasteiger partial charge in [0.15, 0.2) is 0 Å². The van der Waals surface area contributed by atoms with Gasteiger partial charge in [0, 0.05) is 31.5 Å². The molecule has 0 saturated carbocycles. The molecule has 2 aromatic heterocycles. The standard InChI is InChI=1S/C14H14F3N5O2/c15-14(16,17)10-4-5-12(21-9-10)18-7-2-8-20-13-11(22(23)24)3-1-6-19-13/h1,3-6,9H,2,7-8H2,(H,18,21)(H,19,20). The first-order chi connectivity index (χ1) is 11.4. The van der Waals surface area contributed by atoms with Crippen molar-refractivity contribution in [2.75, 3.05) is 23.7 Å². The molecular formula is C14H14F3N5O2. The van der Waals surface area contributed by atoms with Gasteiger partial charge in [-0.1, -0.05) is 0 Å². The average Bonchev–Trinajstić information content (AvgIpc) is 2.54. The van der Waals surface area contributed by atoms with Gasteiger partial charge in [-0.3, -0.25) is 10.1 Å². The number of nitrogens with one attached hydrogen (secondary N) is 2. The highest BCUT2D eigenvalue weighted by Crippen LogP contribution is 2.28. The molecule has 2 heterocycles. The monoisotopic (exact) mass is 341 g/mol. The van der Waals surface area contributed by atoms with Crippen LogP contribution in [0.15, 0.2) is 36.7 Å². The van der Waals surface area contributed by atoms with Crippen molar-refractivity contribution in [3.63, 3.8) is 0 Å². The lowest BCUT2D eigenvalue weighted by Gasteiger charge is -2.09. The minimum atomic E-state index is -4.41. The van der Waals surface area contributed by atoms with Crippen LogP contribution in [0.4, 0.5) is 30.5 Å². The zero-order valence-electron chi connectivity index (χ0n) is 12.4.